The first-order valence-electron chi connectivity index (χ1n) is 6.68. The van der Waals surface area contributed by atoms with Gasteiger partial charge in [-0.1, -0.05) is 29.8 Å². The molecule has 3 rings (SSSR count). The average molecular weight is 347 g/mol. The van der Waals surface area contributed by atoms with Gasteiger partial charge in [-0.3, -0.25) is 9.78 Å². The summed E-state index contributed by atoms with van der Waals surface area (Å²) in [6.07, 6.45) is 3.54. The number of rotatable bonds is 4. The first kappa shape index (κ1) is 15.5. The predicted octanol–water partition coefficient (Wildman–Crippen LogP) is 3.83. The molecule has 0 saturated heterocycles. The Morgan fingerprint density at radius 2 is 2.13 bits per heavy atom. The van der Waals surface area contributed by atoms with Crippen molar-refractivity contribution in [3.05, 3.63) is 58.2 Å². The molecule has 0 unspecified atom stereocenters. The Morgan fingerprint density at radius 1 is 1.30 bits per heavy atom. The van der Waals surface area contributed by atoms with Crippen molar-refractivity contribution in [3.8, 4) is 0 Å². The quantitative estimate of drug-likeness (QED) is 0.752. The molecule has 1 amide bonds. The molecule has 0 fully saturated rings. The third kappa shape index (κ3) is 3.18. The monoisotopic (exact) mass is 346 g/mol. The Bertz CT molecular complexity index is 902. The Hall–Kier alpha value is -2.44. The van der Waals surface area contributed by atoms with Crippen LogP contribution in [0.15, 0.2) is 42.0 Å². The number of thiophene rings is 1. The van der Waals surface area contributed by atoms with Crippen LogP contribution in [0.4, 0.5) is 5.00 Å². The Labute approximate surface area is 140 Å². The Balaban J connectivity index is 1.84. The van der Waals surface area contributed by atoms with Crippen LogP contribution < -0.4 is 5.32 Å². The summed E-state index contributed by atoms with van der Waals surface area (Å²) >= 11 is 6.93. The lowest BCUT2D eigenvalue weighted by Crippen LogP contribution is -2.15. The maximum absolute atomic E-state index is 12.3. The van der Waals surface area contributed by atoms with Crippen molar-refractivity contribution in [2.45, 2.75) is 6.42 Å². The van der Waals surface area contributed by atoms with E-state index in [2.05, 4.69) is 10.3 Å². The second-order valence-electron chi connectivity index (χ2n) is 4.83. The zero-order valence-electron chi connectivity index (χ0n) is 11.7. The van der Waals surface area contributed by atoms with Crippen LogP contribution in [0, 0.1) is 0 Å². The van der Waals surface area contributed by atoms with Gasteiger partial charge in [-0.05, 0) is 17.0 Å². The third-order valence-electron chi connectivity index (χ3n) is 3.33. The van der Waals surface area contributed by atoms with E-state index in [0.29, 0.717) is 0 Å². The number of amides is 1. The van der Waals surface area contributed by atoms with Gasteiger partial charge in [0, 0.05) is 23.2 Å². The molecule has 0 spiro atoms. The van der Waals surface area contributed by atoms with Crippen LogP contribution in [0.1, 0.15) is 15.9 Å². The molecule has 5 nitrogen and oxygen atoms in total. The largest absolute Gasteiger partial charge is 0.478 e. The van der Waals surface area contributed by atoms with Crippen molar-refractivity contribution in [3.63, 3.8) is 0 Å². The number of carbonyl (C=O) groups is 2. The molecular formula is C16H11ClN2O3S. The number of pyridine rings is 1. The maximum atomic E-state index is 12.3. The van der Waals surface area contributed by atoms with Crippen molar-refractivity contribution in [1.82, 2.24) is 4.98 Å². The zero-order valence-corrected chi connectivity index (χ0v) is 13.3. The van der Waals surface area contributed by atoms with Gasteiger partial charge < -0.3 is 10.4 Å². The zero-order chi connectivity index (χ0) is 16.4. The van der Waals surface area contributed by atoms with Gasteiger partial charge in [0.2, 0.25) is 5.91 Å². The van der Waals surface area contributed by atoms with E-state index in [9.17, 15) is 9.59 Å². The van der Waals surface area contributed by atoms with Crippen LogP contribution in [0.25, 0.3) is 10.8 Å². The standard InChI is InChI=1S/C16H11ClN2O3S/c17-12-8-23-15(14(12)16(21)22)19-13(20)6-9-2-1-3-10-7-18-5-4-11(9)10/h1-5,7-8H,6H2,(H,19,20)(H,21,22). The fraction of sp³-hybridized carbons (Fsp3) is 0.0625. The van der Waals surface area contributed by atoms with E-state index < -0.39 is 5.97 Å². The molecule has 0 aliphatic rings. The van der Waals surface area contributed by atoms with E-state index in [1.165, 1.54) is 5.38 Å². The molecule has 0 saturated carbocycles. The van der Waals surface area contributed by atoms with E-state index in [4.69, 9.17) is 16.7 Å². The minimum atomic E-state index is -1.16. The van der Waals surface area contributed by atoms with Crippen LogP contribution in [-0.2, 0) is 11.2 Å². The number of halogens is 1. The van der Waals surface area contributed by atoms with Crippen molar-refractivity contribution in [2.75, 3.05) is 5.32 Å². The van der Waals surface area contributed by atoms with Crippen molar-refractivity contribution in [1.29, 1.82) is 0 Å². The lowest BCUT2D eigenvalue weighted by Gasteiger charge is -2.07. The van der Waals surface area contributed by atoms with Crippen LogP contribution in [0.2, 0.25) is 5.02 Å². The molecule has 0 atom stereocenters. The minimum absolute atomic E-state index is 0.0767. The number of anilines is 1. The van der Waals surface area contributed by atoms with Gasteiger partial charge >= 0.3 is 5.97 Å². The molecule has 3 aromatic rings. The summed E-state index contributed by atoms with van der Waals surface area (Å²) in [6, 6.07) is 7.49. The molecule has 1 aromatic carbocycles. The number of fused-ring (bicyclic) bond motifs is 1. The number of nitrogens with one attached hydrogen (secondary N) is 1. The predicted molar refractivity (Wildman–Crippen MR) is 90.4 cm³/mol. The number of carboxylic acid groups (broad SMARTS) is 1. The molecule has 7 heteroatoms. The number of hydrogen-bond donors (Lipinski definition) is 2. The maximum Gasteiger partial charge on any atom is 0.340 e. The molecule has 2 N–H and O–H groups in total. The molecule has 2 heterocycles. The summed E-state index contributed by atoms with van der Waals surface area (Å²) in [6.45, 7) is 0. The number of nitrogens with zero attached hydrogens (tertiary/aromatic N) is 1. The smallest absolute Gasteiger partial charge is 0.340 e. The van der Waals surface area contributed by atoms with Crippen LogP contribution >= 0.6 is 22.9 Å². The van der Waals surface area contributed by atoms with E-state index >= 15 is 0 Å². The summed E-state index contributed by atoms with van der Waals surface area (Å²) in [4.78, 5) is 27.5. The molecule has 0 aliphatic carbocycles. The number of benzene rings is 1. The van der Waals surface area contributed by atoms with Gasteiger partial charge in [-0.15, -0.1) is 11.3 Å². The molecule has 116 valence electrons. The van der Waals surface area contributed by atoms with E-state index in [0.717, 1.165) is 27.7 Å². The van der Waals surface area contributed by atoms with Crippen molar-refractivity contribution in [2.24, 2.45) is 0 Å². The SMILES string of the molecule is O=C(Cc1cccc2cnccc12)Nc1scc(Cl)c1C(=O)O. The number of hydrogen-bond acceptors (Lipinski definition) is 4. The second-order valence-corrected chi connectivity index (χ2v) is 6.12. The highest BCUT2D eigenvalue weighted by Crippen LogP contribution is 2.32. The lowest BCUT2D eigenvalue weighted by molar-refractivity contribution is -0.115. The fourth-order valence-corrected chi connectivity index (χ4v) is 3.51. The molecule has 2 aromatic heterocycles. The van der Waals surface area contributed by atoms with Gasteiger partial charge in [0.15, 0.2) is 0 Å². The van der Waals surface area contributed by atoms with E-state index in [1.807, 2.05) is 24.3 Å². The van der Waals surface area contributed by atoms with Crippen LogP contribution in [0.5, 0.6) is 0 Å². The minimum Gasteiger partial charge on any atom is -0.478 e. The normalized spacial score (nSPS) is 10.7. The number of aromatic nitrogens is 1. The summed E-state index contributed by atoms with van der Waals surface area (Å²) in [5, 5.41) is 15.5. The van der Waals surface area contributed by atoms with Crippen molar-refractivity contribution >= 4 is 50.6 Å². The highest BCUT2D eigenvalue weighted by Gasteiger charge is 2.19. The molecule has 0 radical (unpaired) electrons. The van der Waals surface area contributed by atoms with Gasteiger partial charge in [-0.2, -0.15) is 0 Å². The second kappa shape index (κ2) is 6.36. The Morgan fingerprint density at radius 3 is 2.91 bits per heavy atom. The van der Waals surface area contributed by atoms with E-state index in [1.54, 1.807) is 12.4 Å². The lowest BCUT2D eigenvalue weighted by atomic mass is 10.0. The van der Waals surface area contributed by atoms with Gasteiger partial charge in [-0.25, -0.2) is 4.79 Å². The highest BCUT2D eigenvalue weighted by molar-refractivity contribution is 7.15. The molecule has 23 heavy (non-hydrogen) atoms. The fourth-order valence-electron chi connectivity index (χ4n) is 2.32. The average Bonchev–Trinajstić information content (AvgIpc) is 2.88. The third-order valence-corrected chi connectivity index (χ3v) is 4.66. The molecular weight excluding hydrogens is 336 g/mol. The number of carbonyl (C=O) groups excluding carboxylic acids is 1. The topological polar surface area (TPSA) is 79.3 Å². The van der Waals surface area contributed by atoms with Crippen molar-refractivity contribution < 1.29 is 14.7 Å². The first-order chi connectivity index (χ1) is 11.1. The van der Waals surface area contributed by atoms with Gasteiger partial charge in [0.1, 0.15) is 10.6 Å². The van der Waals surface area contributed by atoms with Crippen LogP contribution in [0.3, 0.4) is 0 Å². The summed E-state index contributed by atoms with van der Waals surface area (Å²) in [5.41, 5.74) is 0.772. The highest BCUT2D eigenvalue weighted by atomic mass is 35.5. The summed E-state index contributed by atoms with van der Waals surface area (Å²) < 4.78 is 0. The number of carboxylic acids is 1. The van der Waals surface area contributed by atoms with Gasteiger partial charge in [0.25, 0.3) is 0 Å². The molecule has 0 aliphatic heterocycles. The first-order valence-corrected chi connectivity index (χ1v) is 7.94. The van der Waals surface area contributed by atoms with E-state index in [-0.39, 0.29) is 27.9 Å². The summed E-state index contributed by atoms with van der Waals surface area (Å²) in [7, 11) is 0. The molecule has 0 bridgehead atoms. The number of aromatic carboxylic acids is 1. The summed E-state index contributed by atoms with van der Waals surface area (Å²) in [5.74, 6) is -1.46. The Kier molecular flexibility index (Phi) is 4.27. The van der Waals surface area contributed by atoms with Crippen LogP contribution in [-0.4, -0.2) is 22.0 Å². The van der Waals surface area contributed by atoms with Gasteiger partial charge in [0.05, 0.1) is 11.4 Å².